The second kappa shape index (κ2) is 4.57. The second-order valence-corrected chi connectivity index (χ2v) is 4.20. The van der Waals surface area contributed by atoms with Crippen molar-refractivity contribution in [1.82, 2.24) is 15.1 Å². The van der Waals surface area contributed by atoms with Crippen molar-refractivity contribution in [3.63, 3.8) is 0 Å². The van der Waals surface area contributed by atoms with Crippen LogP contribution < -0.4 is 10.9 Å². The predicted molar refractivity (Wildman–Crippen MR) is 58.9 cm³/mol. The van der Waals surface area contributed by atoms with Crippen LogP contribution in [0.4, 0.5) is 0 Å². The molecule has 2 rings (SSSR count). The van der Waals surface area contributed by atoms with E-state index in [1.807, 2.05) is 6.92 Å². The van der Waals surface area contributed by atoms with Crippen LogP contribution in [-0.4, -0.2) is 22.4 Å². The zero-order valence-corrected chi connectivity index (χ0v) is 9.07. The lowest BCUT2D eigenvalue weighted by Gasteiger charge is -2.23. The van der Waals surface area contributed by atoms with Crippen LogP contribution in [0.5, 0.6) is 0 Å². The van der Waals surface area contributed by atoms with E-state index in [4.69, 9.17) is 0 Å². The average molecular weight is 207 g/mol. The molecular weight excluding hydrogens is 190 g/mol. The summed E-state index contributed by atoms with van der Waals surface area (Å²) >= 11 is 0. The third-order valence-corrected chi connectivity index (χ3v) is 2.81. The van der Waals surface area contributed by atoms with Crippen LogP contribution in [0.2, 0.25) is 0 Å². The largest absolute Gasteiger partial charge is 0.312 e. The van der Waals surface area contributed by atoms with Gasteiger partial charge in [-0.2, -0.15) is 5.10 Å². The molecular formula is C11H17N3O. The quantitative estimate of drug-likeness (QED) is 0.776. The van der Waals surface area contributed by atoms with E-state index < -0.39 is 0 Å². The summed E-state index contributed by atoms with van der Waals surface area (Å²) < 4.78 is 1.55. The lowest BCUT2D eigenvalue weighted by atomic mass is 10.1. The molecule has 1 N–H and O–H groups in total. The molecule has 4 nitrogen and oxygen atoms in total. The highest BCUT2D eigenvalue weighted by Crippen LogP contribution is 2.07. The summed E-state index contributed by atoms with van der Waals surface area (Å²) in [5, 5.41) is 7.55. The smallest absolute Gasteiger partial charge is 0.267 e. The molecule has 15 heavy (non-hydrogen) atoms. The third kappa shape index (κ3) is 2.65. The van der Waals surface area contributed by atoms with Crippen molar-refractivity contribution in [3.8, 4) is 0 Å². The minimum atomic E-state index is 0.00220. The van der Waals surface area contributed by atoms with Gasteiger partial charge >= 0.3 is 0 Å². The van der Waals surface area contributed by atoms with Crippen LogP contribution in [0, 0.1) is 6.92 Å². The Morgan fingerprint density at radius 2 is 2.47 bits per heavy atom. The van der Waals surface area contributed by atoms with Gasteiger partial charge in [-0.25, -0.2) is 4.68 Å². The minimum Gasteiger partial charge on any atom is -0.312 e. The highest BCUT2D eigenvalue weighted by molar-refractivity contribution is 5.02. The standard InChI is InChI=1S/C11H17N3O/c1-9-6-11(15)14(13-7-9)8-10-4-2-3-5-12-10/h6-7,10,12H,2-5,8H2,1H3. The summed E-state index contributed by atoms with van der Waals surface area (Å²) in [5.41, 5.74) is 0.926. The molecule has 0 aromatic carbocycles. The van der Waals surface area contributed by atoms with Gasteiger partial charge in [0.05, 0.1) is 12.7 Å². The van der Waals surface area contributed by atoms with Crippen molar-refractivity contribution >= 4 is 0 Å². The highest BCUT2D eigenvalue weighted by Gasteiger charge is 2.13. The molecule has 2 heterocycles. The summed E-state index contributed by atoms with van der Waals surface area (Å²) in [7, 11) is 0. The molecule has 1 fully saturated rings. The maximum atomic E-state index is 11.6. The number of aryl methyl sites for hydroxylation is 1. The van der Waals surface area contributed by atoms with Gasteiger partial charge in [0.25, 0.3) is 5.56 Å². The molecule has 0 amide bonds. The second-order valence-electron chi connectivity index (χ2n) is 4.20. The summed E-state index contributed by atoms with van der Waals surface area (Å²) in [6, 6.07) is 2.04. The van der Waals surface area contributed by atoms with Crippen molar-refractivity contribution in [3.05, 3.63) is 28.2 Å². The third-order valence-electron chi connectivity index (χ3n) is 2.81. The average Bonchev–Trinajstić information content (AvgIpc) is 2.24. The Morgan fingerprint density at radius 3 is 3.13 bits per heavy atom. The molecule has 1 aliphatic heterocycles. The van der Waals surface area contributed by atoms with Crippen LogP contribution >= 0.6 is 0 Å². The van der Waals surface area contributed by atoms with Crippen molar-refractivity contribution < 1.29 is 0 Å². The van der Waals surface area contributed by atoms with Crippen molar-refractivity contribution in [1.29, 1.82) is 0 Å². The Labute approximate surface area is 89.3 Å². The van der Waals surface area contributed by atoms with Gasteiger partial charge in [0.1, 0.15) is 0 Å². The number of nitrogens with zero attached hydrogens (tertiary/aromatic N) is 2. The lowest BCUT2D eigenvalue weighted by molar-refractivity contribution is 0.345. The molecule has 1 aromatic heterocycles. The first-order chi connectivity index (χ1) is 7.25. The molecule has 0 aliphatic carbocycles. The fraction of sp³-hybridized carbons (Fsp3) is 0.636. The molecule has 4 heteroatoms. The number of hydrogen-bond acceptors (Lipinski definition) is 3. The number of nitrogens with one attached hydrogen (secondary N) is 1. The van der Waals surface area contributed by atoms with Crippen LogP contribution in [0.15, 0.2) is 17.1 Å². The topological polar surface area (TPSA) is 46.9 Å². The van der Waals surface area contributed by atoms with E-state index in [-0.39, 0.29) is 5.56 Å². The molecule has 0 saturated carbocycles. The van der Waals surface area contributed by atoms with Gasteiger partial charge in [0, 0.05) is 12.1 Å². The van der Waals surface area contributed by atoms with Crippen molar-refractivity contribution in [2.75, 3.05) is 6.54 Å². The molecule has 1 atom stereocenters. The monoisotopic (exact) mass is 207 g/mol. The summed E-state index contributed by atoms with van der Waals surface area (Å²) in [5.74, 6) is 0. The summed E-state index contributed by atoms with van der Waals surface area (Å²) in [6.07, 6.45) is 5.37. The van der Waals surface area contributed by atoms with Crippen LogP contribution in [0.3, 0.4) is 0 Å². The number of piperidine rings is 1. The van der Waals surface area contributed by atoms with Gasteiger partial charge in [-0.3, -0.25) is 4.79 Å². The number of rotatable bonds is 2. The van der Waals surface area contributed by atoms with Gasteiger partial charge in [-0.05, 0) is 31.9 Å². The first-order valence-electron chi connectivity index (χ1n) is 5.53. The first-order valence-corrected chi connectivity index (χ1v) is 5.53. The van der Waals surface area contributed by atoms with Gasteiger partial charge in [0.15, 0.2) is 0 Å². The molecule has 1 saturated heterocycles. The molecule has 1 aromatic rings. The lowest BCUT2D eigenvalue weighted by Crippen LogP contribution is -2.40. The maximum Gasteiger partial charge on any atom is 0.267 e. The van der Waals surface area contributed by atoms with E-state index in [9.17, 15) is 4.79 Å². The number of hydrogen-bond donors (Lipinski definition) is 1. The molecule has 0 bridgehead atoms. The Bertz CT molecular complexity index is 380. The molecule has 0 radical (unpaired) electrons. The molecule has 1 aliphatic rings. The van der Waals surface area contributed by atoms with E-state index in [0.29, 0.717) is 12.6 Å². The zero-order chi connectivity index (χ0) is 10.7. The van der Waals surface area contributed by atoms with Crippen LogP contribution in [0.1, 0.15) is 24.8 Å². The van der Waals surface area contributed by atoms with E-state index in [1.165, 1.54) is 12.8 Å². The van der Waals surface area contributed by atoms with E-state index in [1.54, 1.807) is 16.9 Å². The fourth-order valence-corrected chi connectivity index (χ4v) is 1.95. The van der Waals surface area contributed by atoms with Gasteiger partial charge in [-0.15, -0.1) is 0 Å². The molecule has 0 spiro atoms. The van der Waals surface area contributed by atoms with Crippen molar-refractivity contribution in [2.24, 2.45) is 0 Å². The van der Waals surface area contributed by atoms with E-state index in [0.717, 1.165) is 18.5 Å². The van der Waals surface area contributed by atoms with Gasteiger partial charge in [0.2, 0.25) is 0 Å². The Morgan fingerprint density at radius 1 is 1.60 bits per heavy atom. The minimum absolute atomic E-state index is 0.00220. The zero-order valence-electron chi connectivity index (χ0n) is 9.07. The Balaban J connectivity index is 2.06. The first kappa shape index (κ1) is 10.4. The Hall–Kier alpha value is -1.16. The summed E-state index contributed by atoms with van der Waals surface area (Å²) in [6.45, 7) is 3.64. The van der Waals surface area contributed by atoms with Crippen molar-refractivity contribution in [2.45, 2.75) is 38.8 Å². The maximum absolute atomic E-state index is 11.6. The predicted octanol–water partition coefficient (Wildman–Crippen LogP) is 0.694. The number of aromatic nitrogens is 2. The highest BCUT2D eigenvalue weighted by atomic mass is 16.1. The van der Waals surface area contributed by atoms with Crippen LogP contribution in [0.25, 0.3) is 0 Å². The van der Waals surface area contributed by atoms with E-state index >= 15 is 0 Å². The van der Waals surface area contributed by atoms with Gasteiger partial charge < -0.3 is 5.32 Å². The SMILES string of the molecule is Cc1cnn(CC2CCCCN2)c(=O)c1. The molecule has 1 unspecified atom stereocenters. The summed E-state index contributed by atoms with van der Waals surface area (Å²) in [4.78, 5) is 11.6. The normalized spacial score (nSPS) is 21.5. The Kier molecular flexibility index (Phi) is 3.16. The van der Waals surface area contributed by atoms with Crippen LogP contribution in [-0.2, 0) is 6.54 Å². The van der Waals surface area contributed by atoms with Gasteiger partial charge in [-0.1, -0.05) is 6.42 Å². The molecule has 82 valence electrons. The van der Waals surface area contributed by atoms with E-state index in [2.05, 4.69) is 10.4 Å². The fourth-order valence-electron chi connectivity index (χ4n) is 1.95.